The van der Waals surface area contributed by atoms with Crippen LogP contribution in [0.15, 0.2) is 0 Å². The third-order valence-electron chi connectivity index (χ3n) is 3.12. The lowest BCUT2D eigenvalue weighted by Crippen LogP contribution is -2.46. The zero-order valence-electron chi connectivity index (χ0n) is 8.01. The number of nitrogens with one attached hydrogen (secondary N) is 2. The smallest absolute Gasteiger partial charge is 0.224 e. The van der Waals surface area contributed by atoms with Gasteiger partial charge in [0.1, 0.15) is 0 Å². The Bertz CT molecular complexity index is 183. The average molecular weight is 182 g/mol. The first-order valence-electron chi connectivity index (χ1n) is 5.37. The Morgan fingerprint density at radius 1 is 1.23 bits per heavy atom. The van der Waals surface area contributed by atoms with Crippen molar-refractivity contribution in [3.05, 3.63) is 0 Å². The Morgan fingerprint density at radius 3 is 2.62 bits per heavy atom. The van der Waals surface area contributed by atoms with Crippen LogP contribution in [0.25, 0.3) is 0 Å². The highest BCUT2D eigenvalue weighted by Crippen LogP contribution is 2.19. The lowest BCUT2D eigenvalue weighted by molar-refractivity contribution is -0.126. The maximum Gasteiger partial charge on any atom is 0.224 e. The normalized spacial score (nSPS) is 29.4. The lowest BCUT2D eigenvalue weighted by Gasteiger charge is -2.30. The van der Waals surface area contributed by atoms with Gasteiger partial charge in [0.15, 0.2) is 0 Å². The van der Waals surface area contributed by atoms with Crippen LogP contribution in [0.2, 0.25) is 0 Å². The van der Waals surface area contributed by atoms with Gasteiger partial charge in [-0.05, 0) is 38.6 Å². The van der Waals surface area contributed by atoms with Crippen LogP contribution in [-0.2, 0) is 4.79 Å². The van der Waals surface area contributed by atoms with Gasteiger partial charge < -0.3 is 10.6 Å². The van der Waals surface area contributed by atoms with Gasteiger partial charge in [-0.2, -0.15) is 0 Å². The minimum atomic E-state index is 0.231. The summed E-state index contributed by atoms with van der Waals surface area (Å²) >= 11 is 0. The molecule has 1 aliphatic heterocycles. The fourth-order valence-electron chi connectivity index (χ4n) is 1.95. The van der Waals surface area contributed by atoms with Crippen LogP contribution in [-0.4, -0.2) is 25.0 Å². The van der Waals surface area contributed by atoms with Crippen molar-refractivity contribution in [2.24, 2.45) is 5.92 Å². The van der Waals surface area contributed by atoms with Gasteiger partial charge in [0.25, 0.3) is 0 Å². The van der Waals surface area contributed by atoms with Crippen molar-refractivity contribution in [1.82, 2.24) is 10.6 Å². The molecule has 0 aromatic rings. The van der Waals surface area contributed by atoms with Crippen LogP contribution in [0.5, 0.6) is 0 Å². The second kappa shape index (κ2) is 4.09. The molecule has 2 N–H and O–H groups in total. The molecular weight excluding hydrogens is 164 g/mol. The number of piperidine rings is 1. The summed E-state index contributed by atoms with van der Waals surface area (Å²) < 4.78 is 0. The molecule has 2 fully saturated rings. The van der Waals surface area contributed by atoms with Crippen molar-refractivity contribution >= 4 is 5.91 Å². The summed E-state index contributed by atoms with van der Waals surface area (Å²) in [4.78, 5) is 11.7. The summed E-state index contributed by atoms with van der Waals surface area (Å²) in [5, 5.41) is 6.37. The highest BCUT2D eigenvalue weighted by atomic mass is 16.2. The van der Waals surface area contributed by atoms with Crippen molar-refractivity contribution in [2.45, 2.75) is 38.1 Å². The molecule has 1 aliphatic carbocycles. The molecule has 3 heteroatoms. The zero-order valence-corrected chi connectivity index (χ0v) is 8.01. The van der Waals surface area contributed by atoms with Crippen LogP contribution < -0.4 is 10.6 Å². The summed E-state index contributed by atoms with van der Waals surface area (Å²) in [7, 11) is 0. The van der Waals surface area contributed by atoms with Gasteiger partial charge in [0.2, 0.25) is 5.91 Å². The molecule has 0 spiro atoms. The van der Waals surface area contributed by atoms with E-state index in [-0.39, 0.29) is 11.8 Å². The molecule has 1 atom stereocenters. The first-order valence-corrected chi connectivity index (χ1v) is 5.37. The van der Waals surface area contributed by atoms with E-state index in [4.69, 9.17) is 0 Å². The van der Waals surface area contributed by atoms with Crippen molar-refractivity contribution in [2.75, 3.05) is 13.1 Å². The van der Waals surface area contributed by atoms with E-state index in [1.165, 1.54) is 19.3 Å². The van der Waals surface area contributed by atoms with Crippen molar-refractivity contribution < 1.29 is 4.79 Å². The Morgan fingerprint density at radius 2 is 2.08 bits per heavy atom. The fourth-order valence-corrected chi connectivity index (χ4v) is 1.95. The monoisotopic (exact) mass is 182 g/mol. The largest absolute Gasteiger partial charge is 0.353 e. The summed E-state index contributed by atoms with van der Waals surface area (Å²) in [6, 6.07) is 0.495. The molecule has 0 aromatic heterocycles. The lowest BCUT2D eigenvalue weighted by atomic mass is 9.91. The summed E-state index contributed by atoms with van der Waals surface area (Å²) in [6.45, 7) is 1.95. The van der Waals surface area contributed by atoms with Gasteiger partial charge >= 0.3 is 0 Å². The number of hydrogen-bond donors (Lipinski definition) is 2. The quantitative estimate of drug-likeness (QED) is 0.658. The molecule has 2 rings (SSSR count). The van der Waals surface area contributed by atoms with Crippen LogP contribution in [0.3, 0.4) is 0 Å². The van der Waals surface area contributed by atoms with E-state index in [0.717, 1.165) is 25.9 Å². The number of rotatable bonds is 2. The van der Waals surface area contributed by atoms with Crippen molar-refractivity contribution in [1.29, 1.82) is 0 Å². The predicted octanol–water partition coefficient (Wildman–Crippen LogP) is 0.655. The number of carbonyl (C=O) groups excluding carboxylic acids is 1. The van der Waals surface area contributed by atoms with E-state index < -0.39 is 0 Å². The van der Waals surface area contributed by atoms with E-state index in [2.05, 4.69) is 10.6 Å². The summed E-state index contributed by atoms with van der Waals surface area (Å²) in [5.41, 5.74) is 0. The minimum Gasteiger partial charge on any atom is -0.353 e. The van der Waals surface area contributed by atoms with Gasteiger partial charge in [-0.25, -0.2) is 0 Å². The molecule has 1 amide bonds. The Kier molecular flexibility index (Phi) is 2.83. The average Bonchev–Trinajstić information content (AvgIpc) is 2.12. The standard InChI is InChI=1S/C10H18N2O/c13-10(12-9-4-1-5-9)8-3-2-6-11-7-8/h8-9,11H,1-7H2,(H,12,13)/t8-/m0/s1. The molecule has 0 radical (unpaired) electrons. The number of amides is 1. The molecule has 0 bridgehead atoms. The van der Waals surface area contributed by atoms with Gasteiger partial charge in [-0.15, -0.1) is 0 Å². The van der Waals surface area contributed by atoms with Crippen LogP contribution >= 0.6 is 0 Å². The summed E-state index contributed by atoms with van der Waals surface area (Å²) in [6.07, 6.45) is 5.86. The van der Waals surface area contributed by atoms with E-state index in [1.54, 1.807) is 0 Å². The molecule has 0 unspecified atom stereocenters. The van der Waals surface area contributed by atoms with E-state index in [9.17, 15) is 4.79 Å². The molecule has 1 saturated heterocycles. The minimum absolute atomic E-state index is 0.231. The molecule has 2 aliphatic rings. The maximum atomic E-state index is 11.7. The second-order valence-electron chi connectivity index (χ2n) is 4.18. The SMILES string of the molecule is O=C(NC1CCC1)[C@H]1CCCNC1. The van der Waals surface area contributed by atoms with Gasteiger partial charge in [-0.1, -0.05) is 0 Å². The Hall–Kier alpha value is -0.570. The van der Waals surface area contributed by atoms with Crippen LogP contribution in [0.4, 0.5) is 0 Å². The fraction of sp³-hybridized carbons (Fsp3) is 0.900. The molecule has 13 heavy (non-hydrogen) atoms. The molecule has 3 nitrogen and oxygen atoms in total. The molecule has 1 saturated carbocycles. The Balaban J connectivity index is 1.74. The van der Waals surface area contributed by atoms with Gasteiger partial charge in [-0.3, -0.25) is 4.79 Å². The molecule has 0 aromatic carbocycles. The predicted molar refractivity (Wildman–Crippen MR) is 51.4 cm³/mol. The van der Waals surface area contributed by atoms with E-state index in [1.807, 2.05) is 0 Å². The van der Waals surface area contributed by atoms with Gasteiger partial charge in [0.05, 0.1) is 5.92 Å². The third-order valence-corrected chi connectivity index (χ3v) is 3.12. The molecule has 74 valence electrons. The zero-order chi connectivity index (χ0) is 9.10. The van der Waals surface area contributed by atoms with E-state index >= 15 is 0 Å². The third kappa shape index (κ3) is 2.21. The first-order chi connectivity index (χ1) is 6.36. The molecular formula is C10H18N2O. The van der Waals surface area contributed by atoms with Gasteiger partial charge in [0, 0.05) is 12.6 Å². The molecule has 1 heterocycles. The highest BCUT2D eigenvalue weighted by molar-refractivity contribution is 5.79. The van der Waals surface area contributed by atoms with Crippen molar-refractivity contribution in [3.8, 4) is 0 Å². The topological polar surface area (TPSA) is 41.1 Å². The highest BCUT2D eigenvalue weighted by Gasteiger charge is 2.25. The second-order valence-corrected chi connectivity index (χ2v) is 4.18. The first kappa shape index (κ1) is 9.00. The van der Waals surface area contributed by atoms with Crippen molar-refractivity contribution in [3.63, 3.8) is 0 Å². The van der Waals surface area contributed by atoms with Crippen LogP contribution in [0.1, 0.15) is 32.1 Å². The maximum absolute atomic E-state index is 11.7. The Labute approximate surface area is 79.3 Å². The van der Waals surface area contributed by atoms with E-state index in [0.29, 0.717) is 6.04 Å². The number of hydrogen-bond acceptors (Lipinski definition) is 2. The van der Waals surface area contributed by atoms with Crippen LogP contribution in [0, 0.1) is 5.92 Å². The summed E-state index contributed by atoms with van der Waals surface area (Å²) in [5.74, 6) is 0.506. The number of carbonyl (C=O) groups is 1.